The number of ether oxygens (including phenoxy) is 3. The monoisotopic (exact) mass is 352 g/mol. The van der Waals surface area contributed by atoms with Gasteiger partial charge in [0.05, 0.1) is 26.4 Å². The second kappa shape index (κ2) is 8.16. The fourth-order valence-corrected chi connectivity index (χ4v) is 2.77. The third-order valence-corrected chi connectivity index (χ3v) is 4.18. The molecule has 2 aliphatic rings. The Hall–Kier alpha value is -1.64. The van der Waals surface area contributed by atoms with Crippen molar-refractivity contribution in [3.8, 4) is 0 Å². The van der Waals surface area contributed by atoms with E-state index in [0.29, 0.717) is 26.1 Å². The van der Waals surface area contributed by atoms with E-state index >= 15 is 0 Å². The van der Waals surface area contributed by atoms with Gasteiger partial charge in [0, 0.05) is 12.8 Å². The van der Waals surface area contributed by atoms with Gasteiger partial charge < -0.3 is 24.4 Å². The van der Waals surface area contributed by atoms with Crippen LogP contribution in [-0.4, -0.2) is 48.1 Å². The molecule has 140 valence electrons. The van der Waals surface area contributed by atoms with E-state index in [1.54, 1.807) is 12.2 Å². The normalized spacial score (nSPS) is 29.6. The summed E-state index contributed by atoms with van der Waals surface area (Å²) in [6, 6.07) is 0. The Morgan fingerprint density at radius 3 is 1.60 bits per heavy atom. The van der Waals surface area contributed by atoms with Gasteiger partial charge in [-0.25, -0.2) is 0 Å². The van der Waals surface area contributed by atoms with Gasteiger partial charge in [-0.05, 0) is 26.0 Å². The number of aliphatic hydroxyl groups excluding tert-OH is 2. The van der Waals surface area contributed by atoms with Crippen molar-refractivity contribution < 1.29 is 24.4 Å². The minimum absolute atomic E-state index is 0.00879. The number of hydrogen-bond acceptors (Lipinski definition) is 7. The zero-order chi connectivity index (χ0) is 18.5. The summed E-state index contributed by atoms with van der Waals surface area (Å²) in [5.41, 5.74) is 11.8. The maximum Gasteiger partial charge on any atom is 0.178 e. The molecule has 0 saturated carbocycles. The molecule has 0 heterocycles. The maximum atomic E-state index is 9.86. The number of rotatable bonds is 8. The van der Waals surface area contributed by atoms with Crippen LogP contribution in [0.25, 0.3) is 0 Å². The Kier molecular flexibility index (Phi) is 6.42. The van der Waals surface area contributed by atoms with E-state index in [1.807, 2.05) is 26.0 Å². The van der Waals surface area contributed by atoms with Crippen LogP contribution in [0.3, 0.4) is 0 Å². The number of hydrogen-bond donors (Lipinski definition) is 4. The maximum absolute atomic E-state index is 9.86. The van der Waals surface area contributed by atoms with Crippen molar-refractivity contribution in [3.63, 3.8) is 0 Å². The van der Waals surface area contributed by atoms with Crippen LogP contribution < -0.4 is 11.5 Å². The summed E-state index contributed by atoms with van der Waals surface area (Å²) in [5.74, 6) is 0.0176. The van der Waals surface area contributed by atoms with Crippen LogP contribution in [0.2, 0.25) is 0 Å². The van der Waals surface area contributed by atoms with Crippen molar-refractivity contribution >= 4 is 0 Å². The van der Waals surface area contributed by atoms with E-state index < -0.39 is 11.4 Å². The second-order valence-electron chi connectivity index (χ2n) is 6.57. The first-order valence-electron chi connectivity index (χ1n) is 8.32. The van der Waals surface area contributed by atoms with Gasteiger partial charge in [-0.2, -0.15) is 0 Å². The number of aliphatic hydroxyl groups is 2. The first-order chi connectivity index (χ1) is 11.8. The van der Waals surface area contributed by atoms with E-state index in [0.717, 1.165) is 11.1 Å². The molecule has 7 nitrogen and oxygen atoms in total. The van der Waals surface area contributed by atoms with Crippen molar-refractivity contribution in [1.29, 1.82) is 0 Å². The van der Waals surface area contributed by atoms with Crippen molar-refractivity contribution in [2.45, 2.75) is 38.1 Å². The van der Waals surface area contributed by atoms with Crippen molar-refractivity contribution in [2.75, 3.05) is 26.4 Å². The fraction of sp³-hybridized carbons (Fsp3) is 0.556. The summed E-state index contributed by atoms with van der Waals surface area (Å²) in [7, 11) is 0. The van der Waals surface area contributed by atoms with Gasteiger partial charge in [0.1, 0.15) is 11.5 Å². The minimum Gasteiger partial charge on any atom is -0.508 e. The molecule has 2 unspecified atom stereocenters. The molecule has 0 fully saturated rings. The Morgan fingerprint density at radius 2 is 1.20 bits per heavy atom. The molecule has 0 aromatic rings. The predicted molar refractivity (Wildman–Crippen MR) is 94.7 cm³/mol. The molecule has 7 heteroatoms. The molecule has 0 spiro atoms. The molecule has 0 aliphatic heterocycles. The molecule has 0 aromatic heterocycles. The van der Waals surface area contributed by atoms with Crippen LogP contribution in [-0.2, 0) is 14.2 Å². The Labute approximate surface area is 148 Å². The standard InChI is InChI=1S/C18H28N2O5/c1-13-3-5-15(21)17(19,11-13)24-9-7-23-8-10-25-18(20)12-14(2)4-6-16(18)22/h3-6,21-22H,7-12,19-20H2,1-2H3. The Bertz CT molecular complexity index is 559. The predicted octanol–water partition coefficient (Wildman–Crippen LogP) is 1.93. The van der Waals surface area contributed by atoms with E-state index in [1.165, 1.54) is 0 Å². The Morgan fingerprint density at radius 1 is 0.800 bits per heavy atom. The molecule has 0 bridgehead atoms. The van der Waals surface area contributed by atoms with E-state index in [4.69, 9.17) is 25.7 Å². The zero-order valence-electron chi connectivity index (χ0n) is 14.8. The SMILES string of the molecule is CC1=CC=C(O)C(N)(OCCOCCOC2(N)CC(C)=CC=C2O)C1. The zero-order valence-corrected chi connectivity index (χ0v) is 14.8. The highest BCUT2D eigenvalue weighted by Gasteiger charge is 2.34. The summed E-state index contributed by atoms with van der Waals surface area (Å²) < 4.78 is 16.6. The third kappa shape index (κ3) is 5.17. The highest BCUT2D eigenvalue weighted by molar-refractivity contribution is 5.27. The fourth-order valence-electron chi connectivity index (χ4n) is 2.77. The lowest BCUT2D eigenvalue weighted by molar-refractivity contribution is -0.0847. The average Bonchev–Trinajstić information content (AvgIpc) is 2.54. The van der Waals surface area contributed by atoms with Gasteiger partial charge >= 0.3 is 0 Å². The highest BCUT2D eigenvalue weighted by Crippen LogP contribution is 2.27. The number of allylic oxidation sites excluding steroid dienone is 4. The third-order valence-electron chi connectivity index (χ3n) is 4.18. The average molecular weight is 352 g/mol. The van der Waals surface area contributed by atoms with Gasteiger partial charge in [-0.1, -0.05) is 23.3 Å². The molecule has 0 aromatic carbocycles. The van der Waals surface area contributed by atoms with Crippen LogP contribution in [0.1, 0.15) is 26.7 Å². The molecule has 25 heavy (non-hydrogen) atoms. The van der Waals surface area contributed by atoms with Gasteiger partial charge in [0.15, 0.2) is 11.4 Å². The van der Waals surface area contributed by atoms with Gasteiger partial charge in [-0.3, -0.25) is 11.5 Å². The minimum atomic E-state index is -1.19. The van der Waals surface area contributed by atoms with Gasteiger partial charge in [0.25, 0.3) is 0 Å². The molecule has 2 aliphatic carbocycles. The molecule has 0 saturated heterocycles. The lowest BCUT2D eigenvalue weighted by Gasteiger charge is -2.32. The second-order valence-corrected chi connectivity index (χ2v) is 6.57. The summed E-state index contributed by atoms with van der Waals surface area (Å²) in [4.78, 5) is 0. The first-order valence-corrected chi connectivity index (χ1v) is 8.32. The van der Waals surface area contributed by atoms with Crippen molar-refractivity contribution in [3.05, 3.63) is 47.0 Å². The summed E-state index contributed by atoms with van der Waals surface area (Å²) in [6.07, 6.45) is 7.60. The number of nitrogens with two attached hydrogens (primary N) is 2. The first kappa shape index (κ1) is 19.7. The molecule has 0 radical (unpaired) electrons. The van der Waals surface area contributed by atoms with Crippen molar-refractivity contribution in [2.24, 2.45) is 11.5 Å². The van der Waals surface area contributed by atoms with Crippen LogP contribution in [0, 0.1) is 0 Å². The van der Waals surface area contributed by atoms with Crippen LogP contribution in [0.4, 0.5) is 0 Å². The summed E-state index contributed by atoms with van der Waals surface area (Å²) >= 11 is 0. The molecular weight excluding hydrogens is 324 g/mol. The lowest BCUT2D eigenvalue weighted by atomic mass is 9.97. The van der Waals surface area contributed by atoms with Gasteiger partial charge in [0.2, 0.25) is 0 Å². The molecule has 2 rings (SSSR count). The van der Waals surface area contributed by atoms with Crippen LogP contribution in [0.5, 0.6) is 0 Å². The summed E-state index contributed by atoms with van der Waals surface area (Å²) in [6.45, 7) is 4.94. The van der Waals surface area contributed by atoms with Crippen molar-refractivity contribution in [1.82, 2.24) is 0 Å². The Balaban J connectivity index is 1.63. The van der Waals surface area contributed by atoms with E-state index in [-0.39, 0.29) is 24.7 Å². The molecule has 2 atom stereocenters. The van der Waals surface area contributed by atoms with E-state index in [2.05, 4.69) is 0 Å². The topological polar surface area (TPSA) is 120 Å². The molecule has 6 N–H and O–H groups in total. The summed E-state index contributed by atoms with van der Waals surface area (Å²) in [5, 5.41) is 19.7. The highest BCUT2D eigenvalue weighted by atomic mass is 16.6. The van der Waals surface area contributed by atoms with Gasteiger partial charge in [-0.15, -0.1) is 0 Å². The van der Waals surface area contributed by atoms with E-state index in [9.17, 15) is 10.2 Å². The smallest absolute Gasteiger partial charge is 0.178 e. The molecule has 0 amide bonds. The lowest BCUT2D eigenvalue weighted by Crippen LogP contribution is -2.47. The van der Waals surface area contributed by atoms with Crippen LogP contribution in [0.15, 0.2) is 47.0 Å². The molecular formula is C18H28N2O5. The van der Waals surface area contributed by atoms with Crippen LogP contribution >= 0.6 is 0 Å². The largest absolute Gasteiger partial charge is 0.508 e. The quantitative estimate of drug-likeness (QED) is 0.389.